The topological polar surface area (TPSA) is 15.3 Å². The Balaban J connectivity index is 2.63. The fraction of sp³-hybridized carbons (Fsp3) is 0.571. The monoisotopic (exact) mass is 238 g/mol. The number of hydrogen-bond donors (Lipinski definition) is 1. The second-order valence-electron chi connectivity index (χ2n) is 4.42. The summed E-state index contributed by atoms with van der Waals surface area (Å²) in [6, 6.07) is 7.24. The second-order valence-corrected chi connectivity index (χ2v) is 4.42. The number of benzene rings is 1. The molecule has 2 nitrogen and oxygen atoms in total. The Bertz CT molecular complexity index is 328. The van der Waals surface area contributed by atoms with E-state index >= 15 is 0 Å². The molecule has 0 radical (unpaired) electrons. The highest BCUT2D eigenvalue weighted by molar-refractivity contribution is 5.20. The molecule has 96 valence electrons. The van der Waals surface area contributed by atoms with Gasteiger partial charge in [-0.15, -0.1) is 0 Å². The number of nitrogens with one attached hydrogen (secondary N) is 1. The molecule has 0 aliphatic carbocycles. The third kappa shape index (κ3) is 4.44. The van der Waals surface area contributed by atoms with Gasteiger partial charge < -0.3 is 5.32 Å². The Morgan fingerprint density at radius 3 is 2.76 bits per heavy atom. The Morgan fingerprint density at radius 2 is 2.18 bits per heavy atom. The highest BCUT2D eigenvalue weighted by Gasteiger charge is 2.14. The van der Waals surface area contributed by atoms with Gasteiger partial charge in [0, 0.05) is 6.04 Å². The summed E-state index contributed by atoms with van der Waals surface area (Å²) < 4.78 is 13.2. The molecule has 1 aromatic carbocycles. The van der Waals surface area contributed by atoms with E-state index in [9.17, 15) is 4.39 Å². The molecule has 1 N–H and O–H groups in total. The minimum atomic E-state index is -0.149. The van der Waals surface area contributed by atoms with E-state index < -0.39 is 0 Å². The molecule has 0 aromatic heterocycles. The third-order valence-corrected chi connectivity index (χ3v) is 3.09. The van der Waals surface area contributed by atoms with E-state index in [1.54, 1.807) is 12.1 Å². The molecule has 0 amide bonds. The van der Waals surface area contributed by atoms with Crippen LogP contribution in [-0.4, -0.2) is 32.1 Å². The van der Waals surface area contributed by atoms with Crippen LogP contribution in [0.15, 0.2) is 24.3 Å². The molecule has 1 aromatic rings. The van der Waals surface area contributed by atoms with Crippen molar-refractivity contribution in [3.63, 3.8) is 0 Å². The molecular formula is C14H23FN2. The van der Waals surface area contributed by atoms with Gasteiger partial charge in [-0.3, -0.25) is 4.90 Å². The van der Waals surface area contributed by atoms with E-state index in [0.717, 1.165) is 31.5 Å². The van der Waals surface area contributed by atoms with Gasteiger partial charge in [-0.05, 0) is 57.7 Å². The number of rotatable bonds is 7. The SMILES string of the molecule is CCC(c1cccc(F)c1)N(C)CCCNC. The summed E-state index contributed by atoms with van der Waals surface area (Å²) in [5.41, 5.74) is 1.07. The predicted octanol–water partition coefficient (Wildman–Crippen LogP) is 2.82. The van der Waals surface area contributed by atoms with Crippen LogP contribution in [0.1, 0.15) is 31.4 Å². The van der Waals surface area contributed by atoms with Gasteiger partial charge in [0.1, 0.15) is 5.82 Å². The lowest BCUT2D eigenvalue weighted by Gasteiger charge is -2.27. The Hall–Kier alpha value is -0.930. The van der Waals surface area contributed by atoms with Gasteiger partial charge >= 0.3 is 0 Å². The largest absolute Gasteiger partial charge is 0.320 e. The molecule has 0 saturated heterocycles. The van der Waals surface area contributed by atoms with E-state index in [-0.39, 0.29) is 5.82 Å². The number of halogens is 1. The first-order valence-corrected chi connectivity index (χ1v) is 6.29. The predicted molar refractivity (Wildman–Crippen MR) is 70.6 cm³/mol. The van der Waals surface area contributed by atoms with Gasteiger partial charge in [0.25, 0.3) is 0 Å². The van der Waals surface area contributed by atoms with Crippen LogP contribution >= 0.6 is 0 Å². The second kappa shape index (κ2) is 7.41. The molecule has 1 rings (SSSR count). The Morgan fingerprint density at radius 1 is 1.41 bits per heavy atom. The zero-order chi connectivity index (χ0) is 12.7. The van der Waals surface area contributed by atoms with Crippen molar-refractivity contribution < 1.29 is 4.39 Å². The van der Waals surface area contributed by atoms with Crippen LogP contribution < -0.4 is 5.32 Å². The van der Waals surface area contributed by atoms with Crippen molar-refractivity contribution in [1.82, 2.24) is 10.2 Å². The third-order valence-electron chi connectivity index (χ3n) is 3.09. The Labute approximate surface area is 104 Å². The van der Waals surface area contributed by atoms with Crippen molar-refractivity contribution in [2.45, 2.75) is 25.8 Å². The summed E-state index contributed by atoms with van der Waals surface area (Å²) in [6.45, 7) is 4.18. The number of hydrogen-bond acceptors (Lipinski definition) is 2. The molecule has 0 heterocycles. The zero-order valence-corrected chi connectivity index (χ0v) is 11.0. The average Bonchev–Trinajstić information content (AvgIpc) is 2.30. The van der Waals surface area contributed by atoms with Gasteiger partial charge in [0.2, 0.25) is 0 Å². The first-order valence-electron chi connectivity index (χ1n) is 6.29. The lowest BCUT2D eigenvalue weighted by molar-refractivity contribution is 0.235. The van der Waals surface area contributed by atoms with Crippen LogP contribution in [0, 0.1) is 5.82 Å². The lowest BCUT2D eigenvalue weighted by Crippen LogP contribution is -2.27. The van der Waals surface area contributed by atoms with Crippen molar-refractivity contribution in [1.29, 1.82) is 0 Å². The smallest absolute Gasteiger partial charge is 0.123 e. The maximum atomic E-state index is 13.2. The van der Waals surface area contributed by atoms with E-state index in [4.69, 9.17) is 0 Å². The first kappa shape index (κ1) is 14.1. The zero-order valence-electron chi connectivity index (χ0n) is 11.0. The summed E-state index contributed by atoms with van der Waals surface area (Å²) in [5.74, 6) is -0.149. The summed E-state index contributed by atoms with van der Waals surface area (Å²) in [4.78, 5) is 2.30. The molecule has 0 fully saturated rings. The minimum Gasteiger partial charge on any atom is -0.320 e. The Kier molecular flexibility index (Phi) is 6.16. The van der Waals surface area contributed by atoms with Crippen molar-refractivity contribution in [3.05, 3.63) is 35.6 Å². The summed E-state index contributed by atoms with van der Waals surface area (Å²) in [5, 5.41) is 3.14. The van der Waals surface area contributed by atoms with Crippen LogP contribution in [-0.2, 0) is 0 Å². The van der Waals surface area contributed by atoms with Gasteiger partial charge in [-0.1, -0.05) is 19.1 Å². The van der Waals surface area contributed by atoms with E-state index in [1.165, 1.54) is 6.07 Å². The van der Waals surface area contributed by atoms with Gasteiger partial charge in [0.05, 0.1) is 0 Å². The molecular weight excluding hydrogens is 215 g/mol. The maximum Gasteiger partial charge on any atom is 0.123 e. The molecule has 0 aliphatic rings. The lowest BCUT2D eigenvalue weighted by atomic mass is 10.0. The minimum absolute atomic E-state index is 0.149. The number of nitrogens with zero attached hydrogens (tertiary/aromatic N) is 1. The van der Waals surface area contributed by atoms with Crippen LogP contribution in [0.2, 0.25) is 0 Å². The van der Waals surface area contributed by atoms with Crippen molar-refractivity contribution in [2.75, 3.05) is 27.2 Å². The quantitative estimate of drug-likeness (QED) is 0.735. The van der Waals surface area contributed by atoms with Crippen molar-refractivity contribution >= 4 is 0 Å². The van der Waals surface area contributed by atoms with Crippen LogP contribution in [0.25, 0.3) is 0 Å². The molecule has 0 aliphatic heterocycles. The summed E-state index contributed by atoms with van der Waals surface area (Å²) >= 11 is 0. The van der Waals surface area contributed by atoms with Gasteiger partial charge in [-0.2, -0.15) is 0 Å². The molecule has 1 atom stereocenters. The standard InChI is InChI=1S/C14H23FN2/c1-4-14(17(3)10-6-9-16-2)12-7-5-8-13(15)11-12/h5,7-8,11,14,16H,4,6,9-10H2,1-3H3. The maximum absolute atomic E-state index is 13.2. The van der Waals surface area contributed by atoms with Crippen molar-refractivity contribution in [2.24, 2.45) is 0 Å². The summed E-state index contributed by atoms with van der Waals surface area (Å²) in [7, 11) is 4.07. The molecule has 1 unspecified atom stereocenters. The highest BCUT2D eigenvalue weighted by Crippen LogP contribution is 2.23. The van der Waals surface area contributed by atoms with Crippen LogP contribution in [0.5, 0.6) is 0 Å². The van der Waals surface area contributed by atoms with E-state index in [2.05, 4.69) is 24.2 Å². The first-order chi connectivity index (χ1) is 8.19. The van der Waals surface area contributed by atoms with Crippen LogP contribution in [0.4, 0.5) is 4.39 Å². The highest BCUT2D eigenvalue weighted by atomic mass is 19.1. The van der Waals surface area contributed by atoms with Gasteiger partial charge in [-0.25, -0.2) is 4.39 Å². The van der Waals surface area contributed by atoms with Crippen LogP contribution in [0.3, 0.4) is 0 Å². The van der Waals surface area contributed by atoms with Gasteiger partial charge in [0.15, 0.2) is 0 Å². The molecule has 0 bridgehead atoms. The van der Waals surface area contributed by atoms with E-state index in [1.807, 2.05) is 13.1 Å². The average molecular weight is 238 g/mol. The molecule has 0 saturated carbocycles. The molecule has 0 spiro atoms. The molecule has 3 heteroatoms. The van der Waals surface area contributed by atoms with Crippen molar-refractivity contribution in [3.8, 4) is 0 Å². The molecule has 17 heavy (non-hydrogen) atoms. The normalized spacial score (nSPS) is 13.0. The summed E-state index contributed by atoms with van der Waals surface area (Å²) in [6.07, 6.45) is 2.11. The van der Waals surface area contributed by atoms with E-state index in [0.29, 0.717) is 6.04 Å². The fourth-order valence-corrected chi connectivity index (χ4v) is 2.18. The fourth-order valence-electron chi connectivity index (χ4n) is 2.18.